The number of hydrogen-bond acceptors (Lipinski definition) is 7. The number of rotatable bonds is 5. The first-order chi connectivity index (χ1) is 16.1. The lowest BCUT2D eigenvalue weighted by Gasteiger charge is -2.54. The number of nitrogens with zero attached hydrogens (tertiary/aromatic N) is 2. The van der Waals surface area contributed by atoms with Crippen molar-refractivity contribution >= 4 is 23.2 Å². The predicted octanol–water partition coefficient (Wildman–Crippen LogP) is 2.35. The van der Waals surface area contributed by atoms with E-state index in [1.54, 1.807) is 19.1 Å². The Balaban J connectivity index is 1.38. The summed E-state index contributed by atoms with van der Waals surface area (Å²) in [6.07, 6.45) is 1.59. The van der Waals surface area contributed by atoms with E-state index in [0.29, 0.717) is 30.6 Å². The number of nitrogens with one attached hydrogen (secondary N) is 3. The van der Waals surface area contributed by atoms with E-state index in [0.717, 1.165) is 11.1 Å². The van der Waals surface area contributed by atoms with Crippen LogP contribution >= 0.6 is 0 Å². The van der Waals surface area contributed by atoms with Crippen LogP contribution in [0.25, 0.3) is 0 Å². The first-order valence-corrected chi connectivity index (χ1v) is 10.9. The fourth-order valence-electron chi connectivity index (χ4n) is 5.27. The van der Waals surface area contributed by atoms with Crippen LogP contribution in [0.5, 0.6) is 5.75 Å². The number of ether oxygens (including phenoxy) is 1. The molecule has 1 spiro atoms. The Morgan fingerprint density at radius 3 is 2.74 bits per heavy atom. The molecule has 3 aliphatic rings. The summed E-state index contributed by atoms with van der Waals surface area (Å²) in [5.74, 6) is -0.117. The van der Waals surface area contributed by atoms with Gasteiger partial charge in [0, 0.05) is 24.2 Å². The zero-order valence-electron chi connectivity index (χ0n) is 18.4. The van der Waals surface area contributed by atoms with Crippen LogP contribution in [-0.4, -0.2) is 45.2 Å². The van der Waals surface area contributed by atoms with Crippen molar-refractivity contribution in [1.29, 1.82) is 10.7 Å². The van der Waals surface area contributed by atoms with Crippen molar-refractivity contribution in [2.75, 3.05) is 5.32 Å². The molecule has 1 unspecified atom stereocenters. The molecule has 1 amide bonds. The molecule has 34 heavy (non-hydrogen) atoms. The normalized spacial score (nSPS) is 28.2. The van der Waals surface area contributed by atoms with Gasteiger partial charge in [-0.25, -0.2) is 0 Å². The Kier molecular flexibility index (Phi) is 5.00. The topological polar surface area (TPSA) is 142 Å². The Labute approximate surface area is 195 Å². The van der Waals surface area contributed by atoms with Crippen LogP contribution in [0.2, 0.25) is 0 Å². The van der Waals surface area contributed by atoms with Crippen molar-refractivity contribution in [3.63, 3.8) is 0 Å². The average molecular weight is 465 g/mol. The van der Waals surface area contributed by atoms with Gasteiger partial charge in [0.05, 0.1) is 34.9 Å². The Bertz CT molecular complexity index is 1210. The zero-order valence-corrected chi connectivity index (χ0v) is 18.4. The number of halogens is 1. The molecule has 1 heterocycles. The van der Waals surface area contributed by atoms with Gasteiger partial charge in [-0.05, 0) is 49.1 Å². The molecular formula is C24H24FN5O4. The number of aliphatic hydroxyl groups excluding tert-OH is 1. The lowest BCUT2D eigenvalue weighted by atomic mass is 9.66. The second-order valence-electron chi connectivity index (χ2n) is 9.42. The van der Waals surface area contributed by atoms with Gasteiger partial charge in [-0.15, -0.1) is 0 Å². The summed E-state index contributed by atoms with van der Waals surface area (Å²) in [7, 11) is 0. The van der Waals surface area contributed by atoms with Crippen LogP contribution in [0, 0.1) is 16.7 Å². The largest absolute Gasteiger partial charge is 0.436 e. The Hall–Kier alpha value is -3.68. The van der Waals surface area contributed by atoms with Crippen molar-refractivity contribution in [2.24, 2.45) is 0 Å². The average Bonchev–Trinajstić information content (AvgIpc) is 2.73. The van der Waals surface area contributed by atoms with Gasteiger partial charge in [0.25, 0.3) is 0 Å². The van der Waals surface area contributed by atoms with Crippen molar-refractivity contribution in [2.45, 2.75) is 56.3 Å². The van der Waals surface area contributed by atoms with E-state index in [-0.39, 0.29) is 35.6 Å². The standard InChI is InChI=1S/C24H24FN5O4/c1-23(33)8-14(9-23)30-20(31)11-24(29-22(30)27)10-15-16(24)3-2-4-17(15)28-18-6-5-13(12-26)7-19(18)34-21(25)32/h2-7,14,21,28,32-33H,8-11H2,1H3,(H2,27,29)/t14-,21?,23+,24-/m0/s1. The number of anilines is 2. The summed E-state index contributed by atoms with van der Waals surface area (Å²) < 4.78 is 17.9. The molecule has 2 aromatic carbocycles. The highest BCUT2D eigenvalue weighted by atomic mass is 19.2. The van der Waals surface area contributed by atoms with Gasteiger partial charge in [0.15, 0.2) is 11.7 Å². The molecular weight excluding hydrogens is 441 g/mol. The second-order valence-corrected chi connectivity index (χ2v) is 9.42. The number of hydrogen-bond donors (Lipinski definition) is 5. The van der Waals surface area contributed by atoms with Crippen LogP contribution < -0.4 is 15.4 Å². The summed E-state index contributed by atoms with van der Waals surface area (Å²) in [5.41, 5.74) is 1.68. The molecule has 0 radical (unpaired) electrons. The quantitative estimate of drug-likeness (QED) is 0.427. The predicted molar refractivity (Wildman–Crippen MR) is 120 cm³/mol. The third kappa shape index (κ3) is 3.63. The highest BCUT2D eigenvalue weighted by Crippen LogP contribution is 2.49. The maximum absolute atomic E-state index is 13.1. The van der Waals surface area contributed by atoms with Crippen LogP contribution in [0.1, 0.15) is 42.9 Å². The molecule has 0 aromatic heterocycles. The fourth-order valence-corrected chi connectivity index (χ4v) is 5.27. The van der Waals surface area contributed by atoms with Crippen molar-refractivity contribution in [3.8, 4) is 11.8 Å². The van der Waals surface area contributed by atoms with E-state index in [1.807, 2.05) is 24.3 Å². The van der Waals surface area contributed by atoms with Gasteiger partial charge in [-0.1, -0.05) is 12.1 Å². The number of benzene rings is 2. The van der Waals surface area contributed by atoms with Gasteiger partial charge in [-0.3, -0.25) is 15.1 Å². The Morgan fingerprint density at radius 1 is 1.32 bits per heavy atom. The van der Waals surface area contributed by atoms with E-state index in [1.165, 1.54) is 11.0 Å². The van der Waals surface area contributed by atoms with Gasteiger partial charge in [-0.2, -0.15) is 9.65 Å². The Morgan fingerprint density at radius 2 is 2.09 bits per heavy atom. The highest BCUT2D eigenvalue weighted by Gasteiger charge is 2.54. The molecule has 2 aromatic rings. The molecule has 2 fully saturated rings. The zero-order chi connectivity index (χ0) is 24.3. The maximum atomic E-state index is 13.1. The second kappa shape index (κ2) is 7.68. The SMILES string of the molecule is C[C@]1(O)C[C@@H](N2C(=N)N[C@]3(CC2=O)Cc2c(Nc4ccc(C#N)cc4OC(O)F)cccc23)C1. The van der Waals surface area contributed by atoms with E-state index < -0.39 is 17.7 Å². The smallest absolute Gasteiger partial charge is 0.350 e. The van der Waals surface area contributed by atoms with Gasteiger partial charge < -0.3 is 25.6 Å². The summed E-state index contributed by atoms with van der Waals surface area (Å²) in [6, 6.07) is 11.8. The number of guanidine groups is 1. The number of carbonyl (C=O) groups is 1. The van der Waals surface area contributed by atoms with Crippen molar-refractivity contribution < 1.29 is 24.1 Å². The lowest BCUT2D eigenvalue weighted by Crippen LogP contribution is -2.69. The van der Waals surface area contributed by atoms with Crippen molar-refractivity contribution in [1.82, 2.24) is 10.2 Å². The lowest BCUT2D eigenvalue weighted by molar-refractivity contribution is -0.140. The first kappa shape index (κ1) is 22.1. The molecule has 1 saturated heterocycles. The summed E-state index contributed by atoms with van der Waals surface area (Å²) in [5, 5.41) is 43.0. The summed E-state index contributed by atoms with van der Waals surface area (Å²) in [6.45, 7) is -0.812. The monoisotopic (exact) mass is 465 g/mol. The van der Waals surface area contributed by atoms with Crippen molar-refractivity contribution in [3.05, 3.63) is 53.1 Å². The minimum atomic E-state index is -2.54. The minimum absolute atomic E-state index is 0.0135. The van der Waals surface area contributed by atoms with Crippen LogP contribution in [0.3, 0.4) is 0 Å². The number of alkyl halides is 1. The van der Waals surface area contributed by atoms with E-state index in [9.17, 15) is 14.3 Å². The molecule has 9 nitrogen and oxygen atoms in total. The number of carbonyl (C=O) groups excluding carboxylic acids is 1. The fraction of sp³-hybridized carbons (Fsp3) is 0.375. The number of nitriles is 1. The minimum Gasteiger partial charge on any atom is -0.436 e. The highest BCUT2D eigenvalue weighted by molar-refractivity contribution is 6.00. The number of fused-ring (bicyclic) bond motifs is 2. The van der Waals surface area contributed by atoms with Crippen LogP contribution in [-0.2, 0) is 16.8 Å². The number of aliphatic hydroxyl groups is 2. The maximum Gasteiger partial charge on any atom is 0.350 e. The van der Waals surface area contributed by atoms with Gasteiger partial charge in [0.1, 0.15) is 0 Å². The molecule has 2 aliphatic carbocycles. The molecule has 0 bridgehead atoms. The third-order valence-electron chi connectivity index (χ3n) is 6.81. The molecule has 5 N–H and O–H groups in total. The van der Waals surface area contributed by atoms with Gasteiger partial charge >= 0.3 is 6.54 Å². The van der Waals surface area contributed by atoms with Crippen LogP contribution in [0.4, 0.5) is 15.8 Å². The van der Waals surface area contributed by atoms with Crippen LogP contribution in [0.15, 0.2) is 36.4 Å². The first-order valence-electron chi connectivity index (χ1n) is 10.9. The van der Waals surface area contributed by atoms with Gasteiger partial charge in [0.2, 0.25) is 5.91 Å². The van der Waals surface area contributed by atoms with E-state index in [2.05, 4.69) is 10.6 Å². The third-order valence-corrected chi connectivity index (χ3v) is 6.81. The van der Waals surface area contributed by atoms with E-state index >= 15 is 0 Å². The summed E-state index contributed by atoms with van der Waals surface area (Å²) in [4.78, 5) is 14.4. The molecule has 176 valence electrons. The molecule has 1 aliphatic heterocycles. The summed E-state index contributed by atoms with van der Waals surface area (Å²) >= 11 is 0. The molecule has 1 saturated carbocycles. The molecule has 2 atom stereocenters. The molecule has 5 rings (SSSR count). The van der Waals surface area contributed by atoms with E-state index in [4.69, 9.17) is 20.5 Å². The number of amides is 1. The molecule has 10 heteroatoms.